The lowest BCUT2D eigenvalue weighted by Gasteiger charge is -2.27. The van der Waals surface area contributed by atoms with Crippen molar-refractivity contribution in [1.82, 2.24) is 25.1 Å². The van der Waals surface area contributed by atoms with E-state index in [0.717, 1.165) is 31.6 Å². The molecule has 1 aromatic carbocycles. The van der Waals surface area contributed by atoms with Crippen LogP contribution in [0.3, 0.4) is 0 Å². The van der Waals surface area contributed by atoms with Gasteiger partial charge in [0.15, 0.2) is 0 Å². The summed E-state index contributed by atoms with van der Waals surface area (Å²) in [4.78, 5) is 50.8. The van der Waals surface area contributed by atoms with Crippen molar-refractivity contribution < 1.29 is 18.8 Å². The minimum absolute atomic E-state index is 0.0108. The normalized spacial score (nSPS) is 24.3. The van der Waals surface area contributed by atoms with Crippen LogP contribution in [0.2, 0.25) is 0 Å². The van der Waals surface area contributed by atoms with Gasteiger partial charge in [0.05, 0.1) is 23.0 Å². The highest BCUT2D eigenvalue weighted by Crippen LogP contribution is 2.33. The van der Waals surface area contributed by atoms with Crippen LogP contribution in [-0.2, 0) is 9.59 Å². The second-order valence-corrected chi connectivity index (χ2v) is 11.1. The first-order valence-electron chi connectivity index (χ1n) is 13.7. The predicted molar refractivity (Wildman–Crippen MR) is 140 cm³/mol. The Hall–Kier alpha value is -3.20. The van der Waals surface area contributed by atoms with E-state index >= 15 is 0 Å². The van der Waals surface area contributed by atoms with Crippen LogP contribution in [0.15, 0.2) is 30.6 Å². The van der Waals surface area contributed by atoms with E-state index in [1.54, 1.807) is 6.07 Å². The van der Waals surface area contributed by atoms with E-state index in [-0.39, 0.29) is 35.4 Å². The van der Waals surface area contributed by atoms with Gasteiger partial charge in [-0.15, -0.1) is 0 Å². The van der Waals surface area contributed by atoms with Crippen LogP contribution >= 0.6 is 0 Å². The molecule has 1 saturated carbocycles. The summed E-state index contributed by atoms with van der Waals surface area (Å²) in [6.07, 6.45) is 4.45. The Balaban J connectivity index is 1.19. The summed E-state index contributed by atoms with van der Waals surface area (Å²) in [7, 11) is 0. The first kappa shape index (κ1) is 26.4. The van der Waals surface area contributed by atoms with Gasteiger partial charge in [-0.05, 0) is 62.6 Å². The number of rotatable bonds is 7. The number of nitrogens with one attached hydrogen (secondary N) is 1. The van der Waals surface area contributed by atoms with Gasteiger partial charge in [-0.3, -0.25) is 14.4 Å². The van der Waals surface area contributed by atoms with Crippen molar-refractivity contribution in [2.45, 2.75) is 52.0 Å². The average Bonchev–Trinajstić information content (AvgIpc) is 3.45. The van der Waals surface area contributed by atoms with Crippen molar-refractivity contribution in [2.24, 2.45) is 17.8 Å². The Labute approximate surface area is 223 Å². The molecule has 1 aromatic heterocycles. The van der Waals surface area contributed by atoms with Crippen molar-refractivity contribution in [3.05, 3.63) is 58.9 Å². The Morgan fingerprint density at radius 3 is 2.47 bits per heavy atom. The molecule has 4 atom stereocenters. The predicted octanol–water partition coefficient (Wildman–Crippen LogP) is 3.24. The summed E-state index contributed by atoms with van der Waals surface area (Å²) >= 11 is 0. The number of nitrogens with zero attached hydrogens (tertiary/aromatic N) is 4. The molecule has 0 radical (unpaired) electrons. The zero-order valence-corrected chi connectivity index (χ0v) is 22.2. The number of amides is 2. The van der Waals surface area contributed by atoms with Crippen LogP contribution in [0.4, 0.5) is 4.39 Å². The fourth-order valence-electron chi connectivity index (χ4n) is 6.39. The van der Waals surface area contributed by atoms with Crippen molar-refractivity contribution in [2.75, 3.05) is 32.7 Å². The van der Waals surface area contributed by atoms with Crippen LogP contribution in [0.5, 0.6) is 0 Å². The van der Waals surface area contributed by atoms with E-state index in [1.807, 2.05) is 24.8 Å². The Morgan fingerprint density at radius 2 is 1.82 bits per heavy atom. The lowest BCUT2D eigenvalue weighted by molar-refractivity contribution is -0.132. The fraction of sp³-hybridized carbons (Fsp3) is 0.552. The lowest BCUT2D eigenvalue weighted by atomic mass is 9.87. The number of benzene rings is 1. The van der Waals surface area contributed by atoms with Gasteiger partial charge < -0.3 is 15.1 Å². The minimum Gasteiger partial charge on any atom is -0.349 e. The van der Waals surface area contributed by atoms with Crippen molar-refractivity contribution in [1.29, 1.82) is 0 Å². The number of aromatic nitrogens is 2. The second kappa shape index (κ2) is 11.3. The molecule has 2 aromatic rings. The highest BCUT2D eigenvalue weighted by atomic mass is 19.1. The topological polar surface area (TPSA) is 95.5 Å². The first-order chi connectivity index (χ1) is 18.3. The van der Waals surface area contributed by atoms with Crippen LogP contribution in [0, 0.1) is 37.4 Å². The molecule has 3 heterocycles. The van der Waals surface area contributed by atoms with E-state index in [4.69, 9.17) is 0 Å². The second-order valence-electron chi connectivity index (χ2n) is 11.1. The summed E-state index contributed by atoms with van der Waals surface area (Å²) in [5.41, 5.74) is 2.78. The van der Waals surface area contributed by atoms with Gasteiger partial charge in [0.2, 0.25) is 5.91 Å². The molecule has 2 amide bonds. The largest absolute Gasteiger partial charge is 0.349 e. The highest BCUT2D eigenvalue weighted by Gasteiger charge is 2.42. The third-order valence-corrected chi connectivity index (χ3v) is 8.44. The number of ketones is 1. The van der Waals surface area contributed by atoms with Gasteiger partial charge in [0.25, 0.3) is 5.91 Å². The number of likely N-dealkylation sites (tertiary alicyclic amines) is 2. The van der Waals surface area contributed by atoms with Crippen LogP contribution in [0.25, 0.3) is 0 Å². The SMILES string of the molecule is Cc1ncnc(C)c1C(=O)N1CC2CN(CCC(NC(=O)C3CCCC(=O)C3)c3cccc(F)c3)C[C@H]2C1. The smallest absolute Gasteiger partial charge is 0.257 e. The molecule has 5 rings (SSSR count). The number of aryl methyl sites for hydroxylation is 2. The molecule has 3 unspecified atom stereocenters. The van der Waals surface area contributed by atoms with E-state index in [1.165, 1.54) is 18.5 Å². The molecule has 9 heteroatoms. The van der Waals surface area contributed by atoms with E-state index in [0.29, 0.717) is 67.6 Å². The van der Waals surface area contributed by atoms with E-state index in [2.05, 4.69) is 20.2 Å². The summed E-state index contributed by atoms with van der Waals surface area (Å²) in [6.45, 7) is 7.66. The van der Waals surface area contributed by atoms with Crippen molar-refractivity contribution in [3.63, 3.8) is 0 Å². The molecule has 8 nitrogen and oxygen atoms in total. The molecule has 1 aliphatic carbocycles. The third-order valence-electron chi connectivity index (χ3n) is 8.44. The molecule has 38 heavy (non-hydrogen) atoms. The van der Waals surface area contributed by atoms with Crippen LogP contribution in [0.1, 0.15) is 65.5 Å². The van der Waals surface area contributed by atoms with E-state index < -0.39 is 0 Å². The Kier molecular flexibility index (Phi) is 7.83. The van der Waals surface area contributed by atoms with Gasteiger partial charge in [-0.1, -0.05) is 12.1 Å². The zero-order valence-electron chi connectivity index (χ0n) is 22.2. The zero-order chi connectivity index (χ0) is 26.8. The number of hydrogen-bond donors (Lipinski definition) is 1. The fourth-order valence-corrected chi connectivity index (χ4v) is 6.39. The quantitative estimate of drug-likeness (QED) is 0.601. The average molecular weight is 522 g/mol. The number of halogens is 1. The van der Waals surface area contributed by atoms with E-state index in [9.17, 15) is 18.8 Å². The summed E-state index contributed by atoms with van der Waals surface area (Å²) < 4.78 is 14.0. The van der Waals surface area contributed by atoms with Crippen LogP contribution < -0.4 is 5.32 Å². The third kappa shape index (κ3) is 5.77. The maximum absolute atomic E-state index is 14.0. The van der Waals surface area contributed by atoms with Crippen LogP contribution in [-0.4, -0.2) is 70.1 Å². The molecule has 2 saturated heterocycles. The number of Topliss-reactive ketones (excluding diaryl/α,β-unsaturated/α-hetero) is 1. The summed E-state index contributed by atoms with van der Waals surface area (Å²) in [6, 6.07) is 6.08. The summed E-state index contributed by atoms with van der Waals surface area (Å²) in [5, 5.41) is 3.13. The molecule has 0 spiro atoms. The molecule has 3 fully saturated rings. The van der Waals surface area contributed by atoms with Gasteiger partial charge >= 0.3 is 0 Å². The van der Waals surface area contributed by atoms with Gasteiger partial charge in [0, 0.05) is 51.5 Å². The van der Waals surface area contributed by atoms with Crippen molar-refractivity contribution >= 4 is 17.6 Å². The molecule has 1 N–H and O–H groups in total. The van der Waals surface area contributed by atoms with Gasteiger partial charge in [-0.2, -0.15) is 0 Å². The number of carbonyl (C=O) groups is 3. The summed E-state index contributed by atoms with van der Waals surface area (Å²) in [5.74, 6) is 0.208. The molecular weight excluding hydrogens is 485 g/mol. The number of hydrogen-bond acceptors (Lipinski definition) is 6. The standard InChI is InChI=1S/C29H36FN5O3/c1-18-27(19(2)32-17-31-18)29(38)35-15-22-13-34(14-23(22)16-35)10-9-26(20-5-3-7-24(30)11-20)33-28(37)21-6-4-8-25(36)12-21/h3,5,7,11,17,21-23,26H,4,6,8-10,12-16H2,1-2H3,(H,33,37)/t21?,22-,23?,26?/m0/s1. The molecule has 3 aliphatic rings. The first-order valence-corrected chi connectivity index (χ1v) is 13.7. The monoisotopic (exact) mass is 521 g/mol. The maximum Gasteiger partial charge on any atom is 0.257 e. The van der Waals surface area contributed by atoms with Gasteiger partial charge in [0.1, 0.15) is 17.9 Å². The molecule has 2 aliphatic heterocycles. The minimum atomic E-state index is -0.329. The highest BCUT2D eigenvalue weighted by molar-refractivity contribution is 5.96. The Bertz CT molecular complexity index is 1190. The number of fused-ring (bicyclic) bond motifs is 1. The van der Waals surface area contributed by atoms with Crippen molar-refractivity contribution in [3.8, 4) is 0 Å². The van der Waals surface area contributed by atoms with Gasteiger partial charge in [-0.25, -0.2) is 14.4 Å². The Morgan fingerprint density at radius 1 is 1.11 bits per heavy atom. The molecule has 0 bridgehead atoms. The molecular formula is C29H36FN5O3. The lowest BCUT2D eigenvalue weighted by Crippen LogP contribution is -2.38. The number of carbonyl (C=O) groups excluding carboxylic acids is 3. The maximum atomic E-state index is 14.0. The molecule has 202 valence electrons.